The van der Waals surface area contributed by atoms with Crippen LogP contribution in [0.1, 0.15) is 32.1 Å². The van der Waals surface area contributed by atoms with Gasteiger partial charge < -0.3 is 10.4 Å². The molecule has 96 valence electrons. The van der Waals surface area contributed by atoms with Crippen molar-refractivity contribution in [3.63, 3.8) is 0 Å². The number of benzene rings is 1. The number of hydrogen-bond donors (Lipinski definition) is 2. The van der Waals surface area contributed by atoms with Crippen LogP contribution in [0.5, 0.6) is 0 Å². The molecule has 2 heteroatoms. The van der Waals surface area contributed by atoms with Gasteiger partial charge in [-0.3, -0.25) is 0 Å². The van der Waals surface area contributed by atoms with Crippen molar-refractivity contribution < 1.29 is 5.11 Å². The average Bonchev–Trinajstić information content (AvgIpc) is 2.33. The highest BCUT2D eigenvalue weighted by Gasteiger charge is 2.54. The van der Waals surface area contributed by atoms with Gasteiger partial charge in [0.25, 0.3) is 0 Å². The van der Waals surface area contributed by atoms with Gasteiger partial charge >= 0.3 is 0 Å². The van der Waals surface area contributed by atoms with Gasteiger partial charge in [0, 0.05) is 11.7 Å². The monoisotopic (exact) mass is 243 g/mol. The zero-order valence-corrected chi connectivity index (χ0v) is 10.7. The van der Waals surface area contributed by atoms with Crippen LogP contribution in [0, 0.1) is 17.8 Å². The lowest BCUT2D eigenvalue weighted by atomic mass is 9.52. The molecule has 4 saturated carbocycles. The summed E-state index contributed by atoms with van der Waals surface area (Å²) in [5.74, 6) is 2.16. The van der Waals surface area contributed by atoms with Gasteiger partial charge in [0.2, 0.25) is 0 Å². The molecular formula is C16H21NO. The molecule has 0 saturated heterocycles. The molecule has 2 atom stereocenters. The van der Waals surface area contributed by atoms with E-state index in [1.807, 2.05) is 0 Å². The number of nitrogens with one attached hydrogen (secondary N) is 1. The Balaban J connectivity index is 1.57. The van der Waals surface area contributed by atoms with E-state index in [1.165, 1.54) is 18.5 Å². The largest absolute Gasteiger partial charge is 0.390 e. The normalized spacial score (nSPS) is 45.2. The molecular weight excluding hydrogens is 222 g/mol. The molecule has 0 amide bonds. The van der Waals surface area contributed by atoms with Gasteiger partial charge in [0.15, 0.2) is 0 Å². The van der Waals surface area contributed by atoms with Crippen LogP contribution >= 0.6 is 0 Å². The average molecular weight is 243 g/mol. The Labute approximate surface area is 108 Å². The minimum Gasteiger partial charge on any atom is -0.390 e. The summed E-state index contributed by atoms with van der Waals surface area (Å²) < 4.78 is 0. The van der Waals surface area contributed by atoms with E-state index in [2.05, 4.69) is 35.6 Å². The van der Waals surface area contributed by atoms with Gasteiger partial charge in [-0.25, -0.2) is 0 Å². The first-order valence-electron chi connectivity index (χ1n) is 7.26. The van der Waals surface area contributed by atoms with Gasteiger partial charge in [0.05, 0.1) is 5.60 Å². The predicted octanol–water partition coefficient (Wildman–Crippen LogP) is 3.04. The molecule has 4 bridgehead atoms. The van der Waals surface area contributed by atoms with Crippen molar-refractivity contribution in [3.05, 3.63) is 30.3 Å². The van der Waals surface area contributed by atoms with Gasteiger partial charge in [-0.15, -0.1) is 0 Å². The molecule has 0 aromatic heterocycles. The lowest BCUT2D eigenvalue weighted by Crippen LogP contribution is -2.58. The Morgan fingerprint density at radius 2 is 1.67 bits per heavy atom. The number of rotatable bonds is 2. The molecule has 2 N–H and O–H groups in total. The maximum absolute atomic E-state index is 10.6. The third-order valence-electron chi connectivity index (χ3n) is 5.35. The molecule has 0 aliphatic heterocycles. The van der Waals surface area contributed by atoms with Crippen molar-refractivity contribution in [2.45, 2.75) is 43.7 Å². The fourth-order valence-electron chi connectivity index (χ4n) is 4.94. The van der Waals surface area contributed by atoms with E-state index < -0.39 is 0 Å². The number of anilines is 1. The van der Waals surface area contributed by atoms with Crippen LogP contribution in [0.3, 0.4) is 0 Å². The third-order valence-corrected chi connectivity index (χ3v) is 5.35. The highest BCUT2D eigenvalue weighted by atomic mass is 16.3. The molecule has 4 aliphatic carbocycles. The van der Waals surface area contributed by atoms with E-state index in [-0.39, 0.29) is 5.60 Å². The molecule has 0 radical (unpaired) electrons. The fraction of sp³-hybridized carbons (Fsp3) is 0.625. The lowest BCUT2D eigenvalue weighted by molar-refractivity contribution is -0.129. The molecule has 18 heavy (non-hydrogen) atoms. The van der Waals surface area contributed by atoms with Gasteiger partial charge in [-0.2, -0.15) is 0 Å². The van der Waals surface area contributed by atoms with Crippen LogP contribution in [-0.2, 0) is 0 Å². The highest BCUT2D eigenvalue weighted by molar-refractivity contribution is 5.44. The van der Waals surface area contributed by atoms with Crippen LogP contribution in [0.15, 0.2) is 30.3 Å². The Hall–Kier alpha value is -1.02. The first-order valence-corrected chi connectivity index (χ1v) is 7.26. The Morgan fingerprint density at radius 3 is 2.28 bits per heavy atom. The Kier molecular flexibility index (Phi) is 2.25. The minimum absolute atomic E-state index is 0.314. The SMILES string of the molecule is OC12CC3CC(C1)C(Nc1ccccc1)C(C3)C2. The quantitative estimate of drug-likeness (QED) is 0.836. The highest BCUT2D eigenvalue weighted by Crippen LogP contribution is 2.56. The van der Waals surface area contributed by atoms with Crippen LogP contribution in [0.25, 0.3) is 0 Å². The summed E-state index contributed by atoms with van der Waals surface area (Å²) in [5.41, 5.74) is 0.924. The van der Waals surface area contributed by atoms with Crippen LogP contribution in [0.2, 0.25) is 0 Å². The topological polar surface area (TPSA) is 32.3 Å². The summed E-state index contributed by atoms with van der Waals surface area (Å²) in [5, 5.41) is 14.3. The smallest absolute Gasteiger partial charge is 0.0657 e. The molecule has 1 aromatic rings. The molecule has 0 spiro atoms. The van der Waals surface area contributed by atoms with E-state index in [9.17, 15) is 5.11 Å². The van der Waals surface area contributed by atoms with Crippen molar-refractivity contribution in [2.24, 2.45) is 17.8 Å². The van der Waals surface area contributed by atoms with Crippen molar-refractivity contribution in [1.29, 1.82) is 0 Å². The second-order valence-electron chi connectivity index (χ2n) is 6.73. The van der Waals surface area contributed by atoms with Gasteiger partial charge in [0.1, 0.15) is 0 Å². The molecule has 2 nitrogen and oxygen atoms in total. The minimum atomic E-state index is -0.314. The Morgan fingerprint density at radius 1 is 1.00 bits per heavy atom. The molecule has 0 heterocycles. The Bertz CT molecular complexity index is 428. The van der Waals surface area contributed by atoms with Gasteiger partial charge in [-0.05, 0) is 62.0 Å². The van der Waals surface area contributed by atoms with Crippen LogP contribution in [0.4, 0.5) is 5.69 Å². The van der Waals surface area contributed by atoms with Crippen LogP contribution in [-0.4, -0.2) is 16.7 Å². The van der Waals surface area contributed by atoms with Crippen molar-refractivity contribution in [3.8, 4) is 0 Å². The van der Waals surface area contributed by atoms with Crippen molar-refractivity contribution in [1.82, 2.24) is 0 Å². The molecule has 4 fully saturated rings. The lowest BCUT2D eigenvalue weighted by Gasteiger charge is -2.58. The van der Waals surface area contributed by atoms with E-state index in [0.29, 0.717) is 17.9 Å². The number of hydrogen-bond acceptors (Lipinski definition) is 2. The molecule has 4 aliphatic rings. The summed E-state index contributed by atoms with van der Waals surface area (Å²) in [6, 6.07) is 11.1. The second kappa shape index (κ2) is 3.74. The maximum atomic E-state index is 10.6. The summed E-state index contributed by atoms with van der Waals surface area (Å²) in [4.78, 5) is 0. The van der Waals surface area contributed by atoms with Crippen LogP contribution < -0.4 is 5.32 Å². The predicted molar refractivity (Wildman–Crippen MR) is 72.4 cm³/mol. The second-order valence-corrected chi connectivity index (χ2v) is 6.73. The first kappa shape index (κ1) is 10.9. The van der Waals surface area contributed by atoms with E-state index >= 15 is 0 Å². The summed E-state index contributed by atoms with van der Waals surface area (Å²) in [6.07, 6.45) is 5.75. The zero-order chi connectivity index (χ0) is 12.2. The number of aliphatic hydroxyl groups is 1. The number of para-hydroxylation sites is 1. The summed E-state index contributed by atoms with van der Waals surface area (Å²) >= 11 is 0. The third kappa shape index (κ3) is 1.66. The van der Waals surface area contributed by atoms with Gasteiger partial charge in [-0.1, -0.05) is 18.2 Å². The standard InChI is InChI=1S/C16H21NO/c18-16-8-11-6-12(9-16)15(13(7-11)10-16)17-14-4-2-1-3-5-14/h1-5,11-13,15,17-18H,6-10H2. The van der Waals surface area contributed by atoms with E-state index in [0.717, 1.165) is 25.2 Å². The van der Waals surface area contributed by atoms with Crippen molar-refractivity contribution in [2.75, 3.05) is 5.32 Å². The van der Waals surface area contributed by atoms with E-state index in [1.54, 1.807) is 0 Å². The molecule has 2 unspecified atom stereocenters. The zero-order valence-electron chi connectivity index (χ0n) is 10.7. The fourth-order valence-corrected chi connectivity index (χ4v) is 4.94. The molecule has 5 rings (SSSR count). The summed E-state index contributed by atoms with van der Waals surface area (Å²) in [7, 11) is 0. The maximum Gasteiger partial charge on any atom is 0.0657 e. The first-order chi connectivity index (χ1) is 8.72. The van der Waals surface area contributed by atoms with Crippen molar-refractivity contribution >= 4 is 5.69 Å². The van der Waals surface area contributed by atoms with E-state index in [4.69, 9.17) is 0 Å². The molecule has 1 aromatic carbocycles. The summed E-state index contributed by atoms with van der Waals surface area (Å²) in [6.45, 7) is 0.